The lowest BCUT2D eigenvalue weighted by molar-refractivity contribution is -0.157. The van der Waals surface area contributed by atoms with Crippen LogP contribution in [0.15, 0.2) is 40.7 Å². The lowest BCUT2D eigenvalue weighted by Crippen LogP contribution is -2.33. The Morgan fingerprint density at radius 1 is 1.40 bits per heavy atom. The van der Waals surface area contributed by atoms with Crippen molar-refractivity contribution < 1.29 is 33.4 Å². The normalized spacial score (nSPS) is 20.1. The number of cyclic esters (lactones) is 1. The van der Waals surface area contributed by atoms with E-state index in [4.69, 9.17) is 9.47 Å². The minimum Gasteiger partial charge on any atom is -0.458 e. The molecule has 1 aromatic carbocycles. The van der Waals surface area contributed by atoms with E-state index < -0.39 is 36.1 Å². The topological polar surface area (TPSA) is 136 Å². The quantitative estimate of drug-likeness (QED) is 0.344. The number of aliphatic hydroxyl groups is 1. The summed E-state index contributed by atoms with van der Waals surface area (Å²) in [6.45, 7) is 4.97. The Bertz CT molecular complexity index is 1410. The zero-order valence-electron chi connectivity index (χ0n) is 18.5. The Kier molecular flexibility index (Phi) is 5.28. The molecule has 35 heavy (non-hydrogen) atoms. The van der Waals surface area contributed by atoms with E-state index in [2.05, 4.69) is 17.2 Å². The molecule has 0 saturated carbocycles. The summed E-state index contributed by atoms with van der Waals surface area (Å²) in [5.74, 6) is -1.55. The summed E-state index contributed by atoms with van der Waals surface area (Å²) in [7, 11) is 0. The van der Waals surface area contributed by atoms with Crippen LogP contribution in [0.2, 0.25) is 0 Å². The number of fused-ring (bicyclic) bond motifs is 5. The minimum atomic E-state index is -1.54. The van der Waals surface area contributed by atoms with Crippen LogP contribution in [-0.2, 0) is 32.2 Å². The first-order valence-electron chi connectivity index (χ1n) is 10.7. The van der Waals surface area contributed by atoms with Crippen LogP contribution in [0.25, 0.3) is 6.08 Å². The van der Waals surface area contributed by atoms with Gasteiger partial charge in [-0.25, -0.2) is 14.0 Å². The molecule has 3 N–H and O–H groups in total. The maximum Gasteiger partial charge on any atom is 0.412 e. The molecule has 0 fully saturated rings. The highest BCUT2D eigenvalue weighted by Crippen LogP contribution is 2.42. The molecule has 180 valence electrons. The Morgan fingerprint density at radius 3 is 2.91 bits per heavy atom. The van der Waals surface area contributed by atoms with Gasteiger partial charge in [-0.05, 0) is 42.3 Å². The number of carbonyl (C=O) groups excluding carboxylic acids is 3. The number of anilines is 2. The molecule has 10 nitrogen and oxygen atoms in total. The van der Waals surface area contributed by atoms with E-state index in [1.807, 2.05) is 0 Å². The van der Waals surface area contributed by atoms with Crippen molar-refractivity contribution in [1.82, 2.24) is 4.57 Å². The number of esters is 1. The van der Waals surface area contributed by atoms with Gasteiger partial charge < -0.3 is 24.5 Å². The van der Waals surface area contributed by atoms with Crippen LogP contribution in [0.5, 0.6) is 0 Å². The highest BCUT2D eigenvalue weighted by Gasteiger charge is 2.37. The van der Waals surface area contributed by atoms with Gasteiger partial charge in [0.15, 0.2) is 6.10 Å². The molecule has 2 aromatic rings. The Balaban J connectivity index is 1.44. The highest BCUT2D eigenvalue weighted by molar-refractivity contribution is 5.88. The van der Waals surface area contributed by atoms with Gasteiger partial charge >= 0.3 is 12.1 Å². The predicted molar refractivity (Wildman–Crippen MR) is 121 cm³/mol. The molecule has 3 aliphatic heterocycles. The SMILES string of the molecule is C=C(C=O)C(C)OC(=O)Nc1cc2c(cc1F)NC1C(=C2)Cn2c1cc1c(c2=O)COC(=O)C1O. The fourth-order valence-electron chi connectivity index (χ4n) is 4.38. The number of carbonyl (C=O) groups is 3. The second kappa shape index (κ2) is 8.20. The molecule has 0 spiro atoms. The van der Waals surface area contributed by atoms with Gasteiger partial charge in [0.2, 0.25) is 0 Å². The maximum atomic E-state index is 14.8. The lowest BCUT2D eigenvalue weighted by atomic mass is 9.95. The number of ether oxygens (including phenoxy) is 2. The van der Waals surface area contributed by atoms with Crippen LogP contribution in [0.1, 0.15) is 41.5 Å². The van der Waals surface area contributed by atoms with E-state index in [1.165, 1.54) is 23.6 Å². The number of hydrogen-bond acceptors (Lipinski definition) is 8. The average Bonchev–Trinajstić information content (AvgIpc) is 3.18. The molecule has 4 heterocycles. The molecule has 3 aliphatic rings. The zero-order chi connectivity index (χ0) is 25.0. The number of pyridine rings is 1. The molecule has 0 bridgehead atoms. The second-order valence-electron chi connectivity index (χ2n) is 8.49. The van der Waals surface area contributed by atoms with Crippen molar-refractivity contribution in [3.63, 3.8) is 0 Å². The average molecular weight is 481 g/mol. The summed E-state index contributed by atoms with van der Waals surface area (Å²) in [4.78, 5) is 47.7. The molecular weight excluding hydrogens is 461 g/mol. The fourth-order valence-corrected chi connectivity index (χ4v) is 4.38. The van der Waals surface area contributed by atoms with Crippen LogP contribution in [0.3, 0.4) is 0 Å². The number of rotatable bonds is 4. The van der Waals surface area contributed by atoms with E-state index in [9.17, 15) is 28.7 Å². The number of nitrogens with one attached hydrogen (secondary N) is 2. The smallest absolute Gasteiger partial charge is 0.412 e. The van der Waals surface area contributed by atoms with Gasteiger partial charge in [-0.1, -0.05) is 6.58 Å². The Labute approximate surface area is 197 Å². The molecule has 0 saturated heterocycles. The van der Waals surface area contributed by atoms with Crippen molar-refractivity contribution in [2.75, 3.05) is 10.6 Å². The summed E-state index contributed by atoms with van der Waals surface area (Å²) in [5.41, 5.74) is 2.34. The maximum absolute atomic E-state index is 14.8. The predicted octanol–water partition coefficient (Wildman–Crippen LogP) is 2.33. The second-order valence-corrected chi connectivity index (χ2v) is 8.49. The first-order valence-corrected chi connectivity index (χ1v) is 10.7. The van der Waals surface area contributed by atoms with Gasteiger partial charge in [0.25, 0.3) is 5.56 Å². The van der Waals surface area contributed by atoms with Crippen LogP contribution in [0.4, 0.5) is 20.6 Å². The van der Waals surface area contributed by atoms with Crippen molar-refractivity contribution >= 4 is 35.8 Å². The van der Waals surface area contributed by atoms with Crippen molar-refractivity contribution in [3.05, 3.63) is 74.5 Å². The number of hydrogen-bond donors (Lipinski definition) is 3. The third kappa shape index (κ3) is 3.69. The molecule has 11 heteroatoms. The first kappa shape index (κ1) is 22.5. The molecule has 0 radical (unpaired) electrons. The Hall–Kier alpha value is -4.25. The first-order chi connectivity index (χ1) is 16.7. The number of nitrogens with zero attached hydrogens (tertiary/aromatic N) is 1. The Morgan fingerprint density at radius 2 is 2.17 bits per heavy atom. The van der Waals surface area contributed by atoms with E-state index in [-0.39, 0.29) is 41.1 Å². The van der Waals surface area contributed by atoms with Gasteiger partial charge in [0.05, 0.1) is 17.3 Å². The molecular formula is C24H20FN3O7. The summed E-state index contributed by atoms with van der Waals surface area (Å²) in [5, 5.41) is 15.7. The fraction of sp³-hybridized carbons (Fsp3) is 0.250. The number of aliphatic hydroxyl groups excluding tert-OH is 1. The van der Waals surface area contributed by atoms with Crippen LogP contribution >= 0.6 is 0 Å². The van der Waals surface area contributed by atoms with Crippen molar-refractivity contribution in [3.8, 4) is 0 Å². The van der Waals surface area contributed by atoms with E-state index in [0.717, 1.165) is 5.57 Å². The zero-order valence-corrected chi connectivity index (χ0v) is 18.5. The van der Waals surface area contributed by atoms with Crippen molar-refractivity contribution in [1.29, 1.82) is 0 Å². The number of aromatic nitrogens is 1. The van der Waals surface area contributed by atoms with Gasteiger partial charge in [-0.15, -0.1) is 0 Å². The number of benzene rings is 1. The highest BCUT2D eigenvalue weighted by atomic mass is 19.1. The summed E-state index contributed by atoms with van der Waals surface area (Å²) in [6.07, 6.45) is -1.11. The molecule has 1 aromatic heterocycles. The largest absolute Gasteiger partial charge is 0.458 e. The monoisotopic (exact) mass is 481 g/mol. The lowest BCUT2D eigenvalue weighted by Gasteiger charge is -2.25. The van der Waals surface area contributed by atoms with Gasteiger partial charge in [-0.3, -0.25) is 14.9 Å². The van der Waals surface area contributed by atoms with Crippen LogP contribution in [-0.4, -0.2) is 34.1 Å². The van der Waals surface area contributed by atoms with Gasteiger partial charge in [0.1, 0.15) is 24.8 Å². The van der Waals surface area contributed by atoms with Crippen LogP contribution in [0, 0.1) is 5.82 Å². The molecule has 5 rings (SSSR count). The molecule has 3 atom stereocenters. The standard InChI is InChI=1S/C24H20FN3O7/c1-10(8-29)11(2)35-24(33)27-18-4-12-3-13-7-28-19(20(13)26-17(12)6-16(18)25)5-14-15(22(28)31)9-34-23(32)21(14)30/h3-6,8,11,20-21,26,30H,1,7,9H2,2H3,(H,27,33). The van der Waals surface area contributed by atoms with Gasteiger partial charge in [0, 0.05) is 29.1 Å². The number of amides is 1. The number of aldehydes is 1. The molecule has 0 aliphatic carbocycles. The van der Waals surface area contributed by atoms with E-state index >= 15 is 0 Å². The summed E-state index contributed by atoms with van der Waals surface area (Å²) in [6, 6.07) is 3.76. The summed E-state index contributed by atoms with van der Waals surface area (Å²) < 4.78 is 26.2. The third-order valence-corrected chi connectivity index (χ3v) is 6.32. The van der Waals surface area contributed by atoms with Gasteiger partial charge in [-0.2, -0.15) is 0 Å². The number of halogens is 1. The van der Waals surface area contributed by atoms with Crippen molar-refractivity contribution in [2.24, 2.45) is 0 Å². The summed E-state index contributed by atoms with van der Waals surface area (Å²) >= 11 is 0. The minimum absolute atomic E-state index is 0.0622. The van der Waals surface area contributed by atoms with E-state index in [1.54, 1.807) is 12.1 Å². The van der Waals surface area contributed by atoms with E-state index in [0.29, 0.717) is 23.2 Å². The van der Waals surface area contributed by atoms with Crippen LogP contribution < -0.4 is 16.2 Å². The third-order valence-electron chi connectivity index (χ3n) is 6.32. The van der Waals surface area contributed by atoms with Crippen molar-refractivity contribution in [2.45, 2.75) is 38.3 Å². The molecule has 3 unspecified atom stereocenters. The molecule has 1 amide bonds.